The van der Waals surface area contributed by atoms with E-state index in [0.29, 0.717) is 19.4 Å². The molecule has 32 heavy (non-hydrogen) atoms. The Labute approximate surface area is 193 Å². The molecule has 0 spiro atoms. The van der Waals surface area contributed by atoms with Crippen molar-refractivity contribution in [2.45, 2.75) is 91.3 Å². The number of amides is 3. The van der Waals surface area contributed by atoms with Crippen LogP contribution in [0.1, 0.15) is 78.2 Å². The first-order chi connectivity index (χ1) is 15.4. The van der Waals surface area contributed by atoms with Crippen LogP contribution in [-0.2, 0) is 20.9 Å². The van der Waals surface area contributed by atoms with Gasteiger partial charge in [0, 0.05) is 6.54 Å². The quantitative estimate of drug-likeness (QED) is 0.349. The molecule has 3 N–H and O–H groups in total. The Balaban J connectivity index is 2.54. The summed E-state index contributed by atoms with van der Waals surface area (Å²) in [7, 11) is 0. The number of carbonyl (C=O) groups excluding carboxylic acids is 3. The minimum atomic E-state index is -0.769. The first kappa shape index (κ1) is 27.5. The average molecular weight is 448 g/mol. The van der Waals surface area contributed by atoms with Crippen molar-refractivity contribution in [1.82, 2.24) is 16.0 Å². The first-order valence-electron chi connectivity index (χ1n) is 11.9. The van der Waals surface area contributed by atoms with Crippen LogP contribution in [0.4, 0.5) is 4.79 Å². The number of alkyl carbamates (subject to hydrolysis) is 1. The molecule has 180 valence electrons. The van der Waals surface area contributed by atoms with Gasteiger partial charge < -0.3 is 20.7 Å². The molecule has 2 atom stereocenters. The molecule has 0 heterocycles. The van der Waals surface area contributed by atoms with Crippen molar-refractivity contribution in [3.8, 4) is 0 Å². The summed E-state index contributed by atoms with van der Waals surface area (Å²) in [6.45, 7) is 8.69. The third-order valence-corrected chi connectivity index (χ3v) is 5.15. The molecule has 0 aliphatic heterocycles. The van der Waals surface area contributed by atoms with Crippen LogP contribution >= 0.6 is 0 Å². The normalized spacial score (nSPS) is 12.7. The summed E-state index contributed by atoms with van der Waals surface area (Å²) in [4.78, 5) is 37.6. The highest BCUT2D eigenvalue weighted by atomic mass is 16.5. The van der Waals surface area contributed by atoms with Gasteiger partial charge in [-0.15, -0.1) is 0 Å². The number of carbonyl (C=O) groups is 3. The van der Waals surface area contributed by atoms with Crippen molar-refractivity contribution >= 4 is 17.9 Å². The van der Waals surface area contributed by atoms with Crippen LogP contribution in [0.25, 0.3) is 0 Å². The fourth-order valence-electron chi connectivity index (χ4n) is 3.30. The van der Waals surface area contributed by atoms with Crippen LogP contribution in [0, 0.1) is 5.92 Å². The van der Waals surface area contributed by atoms with E-state index >= 15 is 0 Å². The molecule has 0 unspecified atom stereocenters. The Hall–Kier alpha value is -2.57. The standard InChI is InChI=1S/C25H41N3O4/c1-5-7-8-9-13-16-26-23(29)21(6-2)27-24(30)22(17-19(3)4)28-25(31)32-18-20-14-11-10-12-15-20/h10-12,14-15,19,21-22H,5-9,13,16-18H2,1-4H3,(H,26,29)(H,27,30)(H,28,31)/t21-,22-/m0/s1. The molecule has 1 aromatic carbocycles. The topological polar surface area (TPSA) is 96.5 Å². The summed E-state index contributed by atoms with van der Waals surface area (Å²) in [5.74, 6) is -0.385. The third kappa shape index (κ3) is 11.7. The zero-order chi connectivity index (χ0) is 23.8. The van der Waals surface area contributed by atoms with Gasteiger partial charge >= 0.3 is 6.09 Å². The van der Waals surface area contributed by atoms with E-state index in [9.17, 15) is 14.4 Å². The van der Waals surface area contributed by atoms with E-state index in [-0.39, 0.29) is 24.3 Å². The molecule has 0 aliphatic carbocycles. The summed E-state index contributed by atoms with van der Waals surface area (Å²) >= 11 is 0. The molecule has 7 nitrogen and oxygen atoms in total. The van der Waals surface area contributed by atoms with Gasteiger partial charge in [0.1, 0.15) is 18.7 Å². The van der Waals surface area contributed by atoms with Crippen LogP contribution in [0.15, 0.2) is 30.3 Å². The van der Waals surface area contributed by atoms with Gasteiger partial charge in [0.05, 0.1) is 0 Å². The van der Waals surface area contributed by atoms with Gasteiger partial charge in [-0.25, -0.2) is 4.79 Å². The lowest BCUT2D eigenvalue weighted by Gasteiger charge is -2.23. The molecule has 0 saturated carbocycles. The summed E-state index contributed by atoms with van der Waals surface area (Å²) in [6.07, 6.45) is 5.84. The Morgan fingerprint density at radius 3 is 2.19 bits per heavy atom. The number of ether oxygens (including phenoxy) is 1. The summed E-state index contributed by atoms with van der Waals surface area (Å²) in [5.41, 5.74) is 0.866. The van der Waals surface area contributed by atoms with Crippen molar-refractivity contribution in [3.63, 3.8) is 0 Å². The number of hydrogen-bond donors (Lipinski definition) is 3. The fraction of sp³-hybridized carbons (Fsp3) is 0.640. The minimum Gasteiger partial charge on any atom is -0.445 e. The van der Waals surface area contributed by atoms with Gasteiger partial charge in [-0.2, -0.15) is 0 Å². The third-order valence-electron chi connectivity index (χ3n) is 5.15. The molecule has 0 fully saturated rings. The molecule has 7 heteroatoms. The lowest BCUT2D eigenvalue weighted by molar-refractivity contribution is -0.130. The molecule has 3 amide bonds. The number of benzene rings is 1. The molecule has 0 aromatic heterocycles. The Morgan fingerprint density at radius 1 is 0.875 bits per heavy atom. The zero-order valence-corrected chi connectivity index (χ0v) is 20.1. The molecule has 1 rings (SSSR count). The molecule has 0 aliphatic rings. The molecular weight excluding hydrogens is 406 g/mol. The van der Waals surface area contributed by atoms with Crippen LogP contribution in [0.3, 0.4) is 0 Å². The molecule has 1 aromatic rings. The molecule has 0 radical (unpaired) electrons. The lowest BCUT2D eigenvalue weighted by Crippen LogP contribution is -2.54. The van der Waals surface area contributed by atoms with E-state index in [1.54, 1.807) is 0 Å². The van der Waals surface area contributed by atoms with E-state index in [1.807, 2.05) is 51.1 Å². The van der Waals surface area contributed by atoms with Gasteiger partial charge in [0.15, 0.2) is 0 Å². The number of nitrogens with one attached hydrogen (secondary N) is 3. The highest BCUT2D eigenvalue weighted by molar-refractivity contribution is 5.91. The zero-order valence-electron chi connectivity index (χ0n) is 20.1. The predicted molar refractivity (Wildman–Crippen MR) is 127 cm³/mol. The van der Waals surface area contributed by atoms with Crippen molar-refractivity contribution in [3.05, 3.63) is 35.9 Å². The Bertz CT molecular complexity index is 679. The van der Waals surface area contributed by atoms with Crippen LogP contribution in [0.5, 0.6) is 0 Å². The second kappa shape index (κ2) is 16.1. The van der Waals surface area contributed by atoms with Gasteiger partial charge in [-0.1, -0.05) is 83.7 Å². The van der Waals surface area contributed by atoms with Crippen molar-refractivity contribution < 1.29 is 19.1 Å². The van der Waals surface area contributed by atoms with Gasteiger partial charge in [0.25, 0.3) is 0 Å². The first-order valence-corrected chi connectivity index (χ1v) is 11.9. The average Bonchev–Trinajstić information content (AvgIpc) is 2.78. The highest BCUT2D eigenvalue weighted by Gasteiger charge is 2.26. The van der Waals surface area contributed by atoms with Gasteiger partial charge in [0.2, 0.25) is 11.8 Å². The molecule has 0 bridgehead atoms. The van der Waals surface area contributed by atoms with Crippen molar-refractivity contribution in [1.29, 1.82) is 0 Å². The SMILES string of the molecule is CCCCCCCNC(=O)[C@H](CC)NC(=O)[C@H](CC(C)C)NC(=O)OCc1ccccc1. The molecular formula is C25H41N3O4. The predicted octanol–water partition coefficient (Wildman–Crippen LogP) is 4.31. The highest BCUT2D eigenvalue weighted by Crippen LogP contribution is 2.08. The second-order valence-corrected chi connectivity index (χ2v) is 8.56. The number of unbranched alkanes of at least 4 members (excludes halogenated alkanes) is 4. The minimum absolute atomic E-state index is 0.126. The van der Waals surface area contributed by atoms with Gasteiger partial charge in [-0.05, 0) is 30.7 Å². The van der Waals surface area contributed by atoms with E-state index in [2.05, 4.69) is 22.9 Å². The van der Waals surface area contributed by atoms with E-state index in [1.165, 1.54) is 19.3 Å². The summed E-state index contributed by atoms with van der Waals surface area (Å²) < 4.78 is 5.25. The number of rotatable bonds is 15. The van der Waals surface area contributed by atoms with Crippen molar-refractivity contribution in [2.24, 2.45) is 5.92 Å². The van der Waals surface area contributed by atoms with E-state index in [4.69, 9.17) is 4.74 Å². The summed E-state index contributed by atoms with van der Waals surface area (Å²) in [6, 6.07) is 7.95. The smallest absolute Gasteiger partial charge is 0.408 e. The van der Waals surface area contributed by atoms with E-state index < -0.39 is 18.2 Å². The maximum absolute atomic E-state index is 12.8. The Kier molecular flexibility index (Phi) is 13.8. The second-order valence-electron chi connectivity index (χ2n) is 8.56. The fourth-order valence-corrected chi connectivity index (χ4v) is 3.30. The van der Waals surface area contributed by atoms with Crippen LogP contribution in [-0.4, -0.2) is 36.5 Å². The van der Waals surface area contributed by atoms with Gasteiger partial charge in [-0.3, -0.25) is 9.59 Å². The maximum atomic E-state index is 12.8. The summed E-state index contributed by atoms with van der Waals surface area (Å²) in [5, 5.41) is 8.35. The van der Waals surface area contributed by atoms with Crippen LogP contribution < -0.4 is 16.0 Å². The monoisotopic (exact) mass is 447 g/mol. The molecule has 0 saturated heterocycles. The van der Waals surface area contributed by atoms with Crippen molar-refractivity contribution in [2.75, 3.05) is 6.54 Å². The van der Waals surface area contributed by atoms with Crippen LogP contribution in [0.2, 0.25) is 0 Å². The lowest BCUT2D eigenvalue weighted by atomic mass is 10.0. The van der Waals surface area contributed by atoms with E-state index in [0.717, 1.165) is 18.4 Å². The Morgan fingerprint density at radius 2 is 1.56 bits per heavy atom. The number of hydrogen-bond acceptors (Lipinski definition) is 4. The maximum Gasteiger partial charge on any atom is 0.408 e. The largest absolute Gasteiger partial charge is 0.445 e.